The fourth-order valence-corrected chi connectivity index (χ4v) is 4.64. The molecule has 1 atom stereocenters. The van der Waals surface area contributed by atoms with Gasteiger partial charge in [0.05, 0.1) is 24.5 Å². The number of pyridine rings is 1. The molecule has 0 saturated carbocycles. The number of carbonyl (C=O) groups excluding carboxylic acids is 1. The summed E-state index contributed by atoms with van der Waals surface area (Å²) in [5.41, 5.74) is 2.81. The Morgan fingerprint density at radius 3 is 2.71 bits per heavy atom. The van der Waals surface area contributed by atoms with Gasteiger partial charge < -0.3 is 10.1 Å². The Morgan fingerprint density at radius 2 is 1.97 bits per heavy atom. The number of fused-ring (bicyclic) bond motifs is 1. The summed E-state index contributed by atoms with van der Waals surface area (Å²) in [7, 11) is 3.35. The van der Waals surface area contributed by atoms with Crippen LogP contribution in [0.15, 0.2) is 66.0 Å². The van der Waals surface area contributed by atoms with Crippen molar-refractivity contribution >= 4 is 34.1 Å². The number of methoxy groups -OCH3 is 1. The first-order valence-electron chi connectivity index (χ1n) is 12.0. The number of nitrogens with one attached hydrogen (secondary N) is 1. The summed E-state index contributed by atoms with van der Waals surface area (Å²) < 4.78 is 10.3. The second-order valence-corrected chi connectivity index (χ2v) is 9.22. The molecule has 1 N–H and O–H groups in total. The summed E-state index contributed by atoms with van der Waals surface area (Å²) in [6.45, 7) is 1.96. The number of carbonyl (C=O) groups is 1. The largest absolute Gasteiger partial charge is 0.495 e. The molecule has 0 unspecified atom stereocenters. The average molecular weight is 533 g/mol. The number of aromatic nitrogens is 7. The van der Waals surface area contributed by atoms with Crippen LogP contribution in [-0.2, 0) is 11.8 Å². The number of hydrogen-bond acceptors (Lipinski definition) is 7. The Hall–Kier alpha value is -4.51. The van der Waals surface area contributed by atoms with Gasteiger partial charge in [0, 0.05) is 46.5 Å². The first-order valence-corrected chi connectivity index (χ1v) is 12.3. The van der Waals surface area contributed by atoms with E-state index in [2.05, 4.69) is 25.9 Å². The highest BCUT2D eigenvalue weighted by Crippen LogP contribution is 2.35. The van der Waals surface area contributed by atoms with Crippen molar-refractivity contribution in [2.75, 3.05) is 12.4 Å². The van der Waals surface area contributed by atoms with Gasteiger partial charge in [-0.25, -0.2) is 0 Å². The summed E-state index contributed by atoms with van der Waals surface area (Å²) in [4.78, 5) is 26.9. The second-order valence-electron chi connectivity index (χ2n) is 8.79. The van der Waals surface area contributed by atoms with Crippen LogP contribution in [0.2, 0.25) is 5.02 Å². The maximum absolute atomic E-state index is 13.5. The third kappa shape index (κ3) is 4.88. The van der Waals surface area contributed by atoms with Crippen LogP contribution < -0.4 is 15.6 Å². The van der Waals surface area contributed by atoms with Crippen molar-refractivity contribution < 1.29 is 9.53 Å². The van der Waals surface area contributed by atoms with Crippen molar-refractivity contribution in [3.63, 3.8) is 0 Å². The molecule has 0 aliphatic carbocycles. The maximum atomic E-state index is 13.5. The van der Waals surface area contributed by atoms with Crippen LogP contribution in [0.5, 0.6) is 5.75 Å². The summed E-state index contributed by atoms with van der Waals surface area (Å²) in [6.07, 6.45) is 6.03. The number of anilines is 1. The normalized spacial score (nSPS) is 12.0. The minimum Gasteiger partial charge on any atom is -0.495 e. The molecule has 38 heavy (non-hydrogen) atoms. The molecule has 194 valence electrons. The standard InChI is InChI=1S/C26H25ClN8O3/c1-4-5-23(26(37)29-18-7-8-21-16(10-18)13-33(2)30-21)34-14-24(38-3)20(12-25(34)36)19-11-17(27)6-9-22(19)35-15-28-31-32-35/h6-15,23H,4-5H2,1-3H3,(H,29,37)/t23-/m0/s1. The van der Waals surface area contributed by atoms with Crippen molar-refractivity contribution in [1.82, 2.24) is 34.6 Å². The molecule has 11 nitrogen and oxygen atoms in total. The molecule has 0 aliphatic rings. The van der Waals surface area contributed by atoms with Crippen molar-refractivity contribution in [2.24, 2.45) is 7.05 Å². The van der Waals surface area contributed by atoms with Gasteiger partial charge in [0.15, 0.2) is 0 Å². The Kier molecular flexibility index (Phi) is 6.93. The summed E-state index contributed by atoms with van der Waals surface area (Å²) >= 11 is 6.30. The molecule has 0 aliphatic heterocycles. The lowest BCUT2D eigenvalue weighted by Gasteiger charge is -2.21. The number of rotatable bonds is 8. The summed E-state index contributed by atoms with van der Waals surface area (Å²) in [5, 5.41) is 20.0. The molecule has 5 rings (SSSR count). The van der Waals surface area contributed by atoms with E-state index in [1.165, 1.54) is 28.8 Å². The van der Waals surface area contributed by atoms with Crippen LogP contribution in [0.3, 0.4) is 0 Å². The van der Waals surface area contributed by atoms with E-state index in [0.29, 0.717) is 46.1 Å². The highest BCUT2D eigenvalue weighted by Gasteiger charge is 2.24. The van der Waals surface area contributed by atoms with E-state index >= 15 is 0 Å². The highest BCUT2D eigenvalue weighted by atomic mass is 35.5. The van der Waals surface area contributed by atoms with Gasteiger partial charge in [-0.05, 0) is 53.2 Å². The lowest BCUT2D eigenvalue weighted by Crippen LogP contribution is -2.33. The third-order valence-corrected chi connectivity index (χ3v) is 6.43. The Balaban J connectivity index is 1.53. The molecule has 0 radical (unpaired) electrons. The van der Waals surface area contributed by atoms with E-state index < -0.39 is 6.04 Å². The van der Waals surface area contributed by atoms with E-state index in [0.717, 1.165) is 10.9 Å². The van der Waals surface area contributed by atoms with Crippen molar-refractivity contribution in [2.45, 2.75) is 25.8 Å². The number of amides is 1. The van der Waals surface area contributed by atoms with Gasteiger partial charge in [-0.2, -0.15) is 9.78 Å². The molecule has 3 aromatic heterocycles. The van der Waals surface area contributed by atoms with Crippen LogP contribution in [0.1, 0.15) is 25.8 Å². The Morgan fingerprint density at radius 1 is 1.13 bits per heavy atom. The molecular weight excluding hydrogens is 508 g/mol. The smallest absolute Gasteiger partial charge is 0.252 e. The van der Waals surface area contributed by atoms with E-state index in [1.807, 2.05) is 32.3 Å². The first kappa shape index (κ1) is 25.2. The molecule has 0 saturated heterocycles. The van der Waals surface area contributed by atoms with Crippen LogP contribution in [0.4, 0.5) is 5.69 Å². The number of halogens is 1. The summed E-state index contributed by atoms with van der Waals surface area (Å²) in [6, 6.07) is 11.4. The molecule has 5 aromatic rings. The van der Waals surface area contributed by atoms with E-state index in [1.54, 1.807) is 35.1 Å². The zero-order chi connectivity index (χ0) is 26.8. The number of hydrogen-bond donors (Lipinski definition) is 1. The van der Waals surface area contributed by atoms with Gasteiger partial charge >= 0.3 is 0 Å². The van der Waals surface area contributed by atoms with Crippen LogP contribution in [0, 0.1) is 0 Å². The molecule has 2 aromatic carbocycles. The predicted octanol–water partition coefficient (Wildman–Crippen LogP) is 4.02. The van der Waals surface area contributed by atoms with Crippen molar-refractivity contribution in [1.29, 1.82) is 0 Å². The van der Waals surface area contributed by atoms with Crippen LogP contribution in [-0.4, -0.2) is 47.6 Å². The van der Waals surface area contributed by atoms with Crippen LogP contribution in [0.25, 0.3) is 27.7 Å². The number of tetrazole rings is 1. The Labute approximate surface area is 222 Å². The van der Waals surface area contributed by atoms with Gasteiger partial charge in [0.25, 0.3) is 5.56 Å². The number of aryl methyl sites for hydroxylation is 1. The highest BCUT2D eigenvalue weighted by molar-refractivity contribution is 6.31. The van der Waals surface area contributed by atoms with E-state index in [-0.39, 0.29) is 11.5 Å². The van der Waals surface area contributed by atoms with E-state index in [9.17, 15) is 9.59 Å². The quantitative estimate of drug-likeness (QED) is 0.320. The van der Waals surface area contributed by atoms with Gasteiger partial charge in [-0.15, -0.1) is 5.10 Å². The zero-order valence-corrected chi connectivity index (χ0v) is 21.8. The minimum atomic E-state index is -0.751. The third-order valence-electron chi connectivity index (χ3n) is 6.20. The maximum Gasteiger partial charge on any atom is 0.252 e. The SMILES string of the molecule is CCC[C@@H](C(=O)Nc1ccc2nn(C)cc2c1)n1cc(OC)c(-c2cc(Cl)ccc2-n2cnnn2)cc1=O. The lowest BCUT2D eigenvalue weighted by molar-refractivity contribution is -0.119. The molecule has 0 spiro atoms. The summed E-state index contributed by atoms with van der Waals surface area (Å²) in [5.74, 6) is 0.0935. The fourth-order valence-electron chi connectivity index (χ4n) is 4.46. The monoisotopic (exact) mass is 532 g/mol. The fraction of sp³-hybridized carbons (Fsp3) is 0.231. The number of benzene rings is 2. The predicted molar refractivity (Wildman–Crippen MR) is 144 cm³/mol. The van der Waals surface area contributed by atoms with Gasteiger partial charge in [-0.3, -0.25) is 18.8 Å². The number of nitrogens with zero attached hydrogens (tertiary/aromatic N) is 7. The van der Waals surface area contributed by atoms with Crippen molar-refractivity contribution in [3.05, 3.63) is 76.6 Å². The Bertz CT molecular complexity index is 1680. The number of ether oxygens (including phenoxy) is 1. The molecule has 1 amide bonds. The lowest BCUT2D eigenvalue weighted by atomic mass is 10.0. The molecular formula is C26H25ClN8O3. The second kappa shape index (κ2) is 10.5. The topological polar surface area (TPSA) is 122 Å². The van der Waals surface area contributed by atoms with Gasteiger partial charge in [0.2, 0.25) is 5.91 Å². The van der Waals surface area contributed by atoms with Crippen LogP contribution >= 0.6 is 11.6 Å². The molecule has 12 heteroatoms. The van der Waals surface area contributed by atoms with Crippen molar-refractivity contribution in [3.8, 4) is 22.6 Å². The average Bonchev–Trinajstić information content (AvgIpc) is 3.56. The molecule has 0 fully saturated rings. The van der Waals surface area contributed by atoms with E-state index in [4.69, 9.17) is 16.3 Å². The molecule has 3 heterocycles. The molecule has 0 bridgehead atoms. The minimum absolute atomic E-state index is 0.302. The van der Waals surface area contributed by atoms with Gasteiger partial charge in [0.1, 0.15) is 18.1 Å². The first-order chi connectivity index (χ1) is 18.4. The zero-order valence-electron chi connectivity index (χ0n) is 21.0. The van der Waals surface area contributed by atoms with Gasteiger partial charge in [-0.1, -0.05) is 24.9 Å².